The van der Waals surface area contributed by atoms with E-state index in [-0.39, 0.29) is 10.8 Å². The van der Waals surface area contributed by atoms with Gasteiger partial charge in [-0.15, -0.1) is 0 Å². The molecule has 0 aliphatic carbocycles. The highest BCUT2D eigenvalue weighted by Crippen LogP contribution is 2.39. The SMILES string of the molecule is COc1c(C)c(C)c2nc(NC(=O)c3ccc(S(N)(=O)=O)cc3)sc2c1C. The molecular formula is C18H19N3O4S2. The summed E-state index contributed by atoms with van der Waals surface area (Å²) in [6, 6.07) is 5.41. The molecule has 1 heterocycles. The molecule has 0 spiro atoms. The lowest BCUT2D eigenvalue weighted by molar-refractivity contribution is 0.102. The lowest BCUT2D eigenvalue weighted by Gasteiger charge is -2.11. The number of aryl methyl sites for hydroxylation is 2. The quantitative estimate of drug-likeness (QED) is 0.693. The van der Waals surface area contributed by atoms with Crippen LogP contribution in [0.3, 0.4) is 0 Å². The number of hydrogen-bond donors (Lipinski definition) is 2. The Hall–Kier alpha value is -2.49. The molecule has 3 rings (SSSR count). The Morgan fingerprint density at radius 3 is 2.30 bits per heavy atom. The summed E-state index contributed by atoms with van der Waals surface area (Å²) in [5, 5.41) is 8.29. The Bertz CT molecular complexity index is 1150. The van der Waals surface area contributed by atoms with Crippen LogP contribution in [0.1, 0.15) is 27.0 Å². The van der Waals surface area contributed by atoms with E-state index in [1.807, 2.05) is 20.8 Å². The first kappa shape index (κ1) is 19.3. The number of thiazole rings is 1. The predicted molar refractivity (Wildman–Crippen MR) is 106 cm³/mol. The number of nitrogens with zero attached hydrogens (tertiary/aromatic N) is 1. The van der Waals surface area contributed by atoms with Gasteiger partial charge >= 0.3 is 0 Å². The zero-order valence-corrected chi connectivity index (χ0v) is 16.9. The first-order chi connectivity index (χ1) is 12.6. The van der Waals surface area contributed by atoms with Crippen LogP contribution in [0.25, 0.3) is 10.2 Å². The lowest BCUT2D eigenvalue weighted by Crippen LogP contribution is -2.14. The van der Waals surface area contributed by atoms with Gasteiger partial charge in [0.25, 0.3) is 5.91 Å². The second-order valence-electron chi connectivity index (χ2n) is 6.13. The van der Waals surface area contributed by atoms with E-state index in [9.17, 15) is 13.2 Å². The molecule has 0 saturated carbocycles. The molecule has 0 fully saturated rings. The standard InChI is InChI=1S/C18H19N3O4S2/c1-9-10(2)15(25-4)11(3)16-14(9)20-18(26-16)21-17(22)12-5-7-13(8-6-12)27(19,23)24/h5-8H,1-4H3,(H2,19,23,24)(H,20,21,22). The van der Waals surface area contributed by atoms with E-state index < -0.39 is 10.0 Å². The van der Waals surface area contributed by atoms with E-state index >= 15 is 0 Å². The van der Waals surface area contributed by atoms with E-state index in [0.29, 0.717) is 10.7 Å². The van der Waals surface area contributed by atoms with Crippen molar-refractivity contribution in [2.24, 2.45) is 5.14 Å². The highest BCUT2D eigenvalue weighted by Gasteiger charge is 2.18. The molecule has 2 aromatic carbocycles. The van der Waals surface area contributed by atoms with Gasteiger partial charge in [0.1, 0.15) is 5.75 Å². The Labute approximate surface area is 161 Å². The fourth-order valence-corrected chi connectivity index (χ4v) is 4.42. The number of carbonyl (C=O) groups is 1. The summed E-state index contributed by atoms with van der Waals surface area (Å²) >= 11 is 1.37. The number of fused-ring (bicyclic) bond motifs is 1. The van der Waals surface area contributed by atoms with Gasteiger partial charge in [0.15, 0.2) is 5.13 Å². The normalized spacial score (nSPS) is 11.6. The summed E-state index contributed by atoms with van der Waals surface area (Å²) < 4.78 is 29.1. The summed E-state index contributed by atoms with van der Waals surface area (Å²) in [6.45, 7) is 5.91. The number of primary sulfonamides is 1. The number of sulfonamides is 1. The molecule has 0 bridgehead atoms. The van der Waals surface area contributed by atoms with Gasteiger partial charge in [-0.2, -0.15) is 0 Å². The molecule has 1 aromatic heterocycles. The number of hydrogen-bond acceptors (Lipinski definition) is 6. The lowest BCUT2D eigenvalue weighted by atomic mass is 10.0. The molecule has 0 unspecified atom stereocenters. The van der Waals surface area contributed by atoms with Crippen molar-refractivity contribution in [3.63, 3.8) is 0 Å². The summed E-state index contributed by atoms with van der Waals surface area (Å²) in [4.78, 5) is 17.0. The Morgan fingerprint density at radius 1 is 1.11 bits per heavy atom. The Kier molecular flexibility index (Phi) is 4.94. The minimum atomic E-state index is -3.80. The van der Waals surface area contributed by atoms with Crippen molar-refractivity contribution in [1.29, 1.82) is 0 Å². The highest BCUT2D eigenvalue weighted by molar-refractivity contribution is 7.89. The van der Waals surface area contributed by atoms with Crippen molar-refractivity contribution in [3.8, 4) is 5.75 Å². The Morgan fingerprint density at radius 2 is 1.74 bits per heavy atom. The number of nitrogens with one attached hydrogen (secondary N) is 1. The van der Waals surface area contributed by atoms with E-state index in [2.05, 4.69) is 10.3 Å². The molecule has 27 heavy (non-hydrogen) atoms. The third kappa shape index (κ3) is 3.53. The maximum Gasteiger partial charge on any atom is 0.257 e. The molecule has 0 aliphatic rings. The minimum absolute atomic E-state index is 0.0483. The van der Waals surface area contributed by atoms with Crippen LogP contribution >= 0.6 is 11.3 Å². The molecule has 9 heteroatoms. The van der Waals surface area contributed by atoms with Crippen LogP contribution in [0.4, 0.5) is 5.13 Å². The number of amides is 1. The number of rotatable bonds is 4. The molecule has 0 radical (unpaired) electrons. The van der Waals surface area contributed by atoms with Crippen molar-refractivity contribution in [2.75, 3.05) is 12.4 Å². The van der Waals surface area contributed by atoms with Crippen molar-refractivity contribution in [1.82, 2.24) is 4.98 Å². The van der Waals surface area contributed by atoms with E-state index in [1.165, 1.54) is 35.6 Å². The van der Waals surface area contributed by atoms with Gasteiger partial charge in [-0.25, -0.2) is 18.5 Å². The summed E-state index contributed by atoms with van der Waals surface area (Å²) in [5.41, 5.74) is 4.14. The number of carbonyl (C=O) groups excluding carboxylic acids is 1. The highest BCUT2D eigenvalue weighted by atomic mass is 32.2. The number of anilines is 1. The van der Waals surface area contributed by atoms with Crippen molar-refractivity contribution < 1.29 is 17.9 Å². The third-order valence-corrected chi connectivity index (χ3v) is 6.46. The van der Waals surface area contributed by atoms with Crippen LogP contribution in [0, 0.1) is 20.8 Å². The molecule has 3 N–H and O–H groups in total. The second kappa shape index (κ2) is 6.91. The smallest absolute Gasteiger partial charge is 0.257 e. The van der Waals surface area contributed by atoms with Gasteiger partial charge < -0.3 is 4.74 Å². The van der Waals surface area contributed by atoms with Crippen LogP contribution < -0.4 is 15.2 Å². The first-order valence-corrected chi connectivity index (χ1v) is 10.4. The number of benzene rings is 2. The van der Waals surface area contributed by atoms with Gasteiger partial charge in [0.05, 0.1) is 22.2 Å². The van der Waals surface area contributed by atoms with Crippen LogP contribution in [0.15, 0.2) is 29.2 Å². The number of ether oxygens (including phenoxy) is 1. The fourth-order valence-electron chi connectivity index (χ4n) is 2.89. The van der Waals surface area contributed by atoms with Crippen LogP contribution in [-0.4, -0.2) is 26.4 Å². The molecule has 1 amide bonds. The minimum Gasteiger partial charge on any atom is -0.496 e. The largest absolute Gasteiger partial charge is 0.496 e. The van der Waals surface area contributed by atoms with Crippen LogP contribution in [0.5, 0.6) is 5.75 Å². The number of methoxy groups -OCH3 is 1. The molecule has 0 saturated heterocycles. The molecule has 7 nitrogen and oxygen atoms in total. The zero-order valence-electron chi connectivity index (χ0n) is 15.3. The topological polar surface area (TPSA) is 111 Å². The fraction of sp³-hybridized carbons (Fsp3) is 0.222. The third-order valence-electron chi connectivity index (χ3n) is 4.44. The first-order valence-electron chi connectivity index (χ1n) is 8.02. The number of nitrogens with two attached hydrogens (primary N) is 1. The molecule has 0 aliphatic heterocycles. The van der Waals surface area contributed by atoms with Gasteiger partial charge in [-0.3, -0.25) is 10.1 Å². The number of aromatic nitrogens is 1. The van der Waals surface area contributed by atoms with E-state index in [4.69, 9.17) is 9.88 Å². The summed E-state index contributed by atoms with van der Waals surface area (Å²) in [6.07, 6.45) is 0. The van der Waals surface area contributed by atoms with Crippen LogP contribution in [-0.2, 0) is 10.0 Å². The van der Waals surface area contributed by atoms with Crippen LogP contribution in [0.2, 0.25) is 0 Å². The maximum atomic E-state index is 12.5. The maximum absolute atomic E-state index is 12.5. The summed E-state index contributed by atoms with van der Waals surface area (Å²) in [7, 11) is -2.16. The average Bonchev–Trinajstić information content (AvgIpc) is 3.04. The monoisotopic (exact) mass is 405 g/mol. The van der Waals surface area contributed by atoms with Gasteiger partial charge in [0.2, 0.25) is 10.0 Å². The molecular weight excluding hydrogens is 386 g/mol. The van der Waals surface area contributed by atoms with Crippen molar-refractivity contribution in [2.45, 2.75) is 25.7 Å². The van der Waals surface area contributed by atoms with E-state index in [1.54, 1.807) is 7.11 Å². The van der Waals surface area contributed by atoms with Crippen molar-refractivity contribution in [3.05, 3.63) is 46.5 Å². The van der Waals surface area contributed by atoms with E-state index in [0.717, 1.165) is 32.7 Å². The van der Waals surface area contributed by atoms with Gasteiger partial charge in [-0.05, 0) is 56.2 Å². The molecule has 142 valence electrons. The average molecular weight is 406 g/mol. The van der Waals surface area contributed by atoms with Gasteiger partial charge in [0, 0.05) is 11.1 Å². The van der Waals surface area contributed by atoms with Crippen molar-refractivity contribution >= 4 is 42.6 Å². The zero-order chi connectivity index (χ0) is 19.9. The molecule has 0 atom stereocenters. The second-order valence-corrected chi connectivity index (χ2v) is 8.69. The predicted octanol–water partition coefficient (Wildman–Crippen LogP) is 3.13. The molecule has 3 aromatic rings. The summed E-state index contributed by atoms with van der Waals surface area (Å²) in [5.74, 6) is 0.439. The van der Waals surface area contributed by atoms with Gasteiger partial charge in [-0.1, -0.05) is 11.3 Å². The Balaban J connectivity index is 1.94.